The van der Waals surface area contributed by atoms with E-state index in [1.165, 1.54) is 0 Å². The zero-order valence-corrected chi connectivity index (χ0v) is 19.3. The fourth-order valence-corrected chi connectivity index (χ4v) is 8.21. The summed E-state index contributed by atoms with van der Waals surface area (Å²) in [5.41, 5.74) is 2.15. The summed E-state index contributed by atoms with van der Waals surface area (Å²) < 4.78 is 0. The van der Waals surface area contributed by atoms with E-state index in [0.717, 1.165) is 17.8 Å². The molecule has 2 fully saturated rings. The second kappa shape index (κ2) is 4.83. The van der Waals surface area contributed by atoms with Crippen molar-refractivity contribution in [2.45, 2.75) is 96.9 Å². The molecule has 2 aliphatic rings. The first-order valence-corrected chi connectivity index (χ1v) is 10.4. The summed E-state index contributed by atoms with van der Waals surface area (Å²) in [7, 11) is 0. The highest BCUT2D eigenvalue weighted by Crippen LogP contribution is 2.90. The second-order valence-corrected chi connectivity index (χ2v) is 12.5. The van der Waals surface area contributed by atoms with Crippen LogP contribution in [-0.4, -0.2) is 0 Å². The van der Waals surface area contributed by atoms with Crippen LogP contribution >= 0.6 is 0 Å². The Balaban J connectivity index is 2.63. The predicted molar refractivity (Wildman–Crippen MR) is 108 cm³/mol. The smallest absolute Gasteiger partial charge is 0.0169 e. The highest BCUT2D eigenvalue weighted by Gasteiger charge is 2.86. The fourth-order valence-electron chi connectivity index (χ4n) is 8.21. The van der Waals surface area contributed by atoms with Crippen molar-refractivity contribution < 1.29 is 0 Å². The van der Waals surface area contributed by atoms with Gasteiger partial charge in [-0.25, -0.2) is 0 Å². The molecule has 0 bridgehead atoms. The number of hydrogen-bond donors (Lipinski definition) is 0. The number of fused-ring (bicyclic) bond motifs is 1. The zero-order valence-electron chi connectivity index (χ0n) is 19.3. The Hall–Kier alpha value is 0. The first kappa shape index (κ1) is 20.3. The molecular weight excluding hydrogens is 288 g/mol. The Bertz CT molecular complexity index is 517. The summed E-state index contributed by atoms with van der Waals surface area (Å²) in [5.74, 6) is 3.20. The van der Waals surface area contributed by atoms with Crippen LogP contribution in [0.5, 0.6) is 0 Å². The zero-order chi connectivity index (χ0) is 19.3. The summed E-state index contributed by atoms with van der Waals surface area (Å²) in [6.07, 6.45) is 0. The molecule has 6 atom stereocenters. The van der Waals surface area contributed by atoms with Crippen molar-refractivity contribution in [3.05, 3.63) is 0 Å². The van der Waals surface area contributed by atoms with Gasteiger partial charge in [-0.05, 0) is 56.2 Å². The summed E-state index contributed by atoms with van der Waals surface area (Å²) >= 11 is 0. The van der Waals surface area contributed by atoms with Crippen LogP contribution in [0, 0.1) is 56.2 Å². The van der Waals surface area contributed by atoms with Crippen molar-refractivity contribution in [3.63, 3.8) is 0 Å². The topological polar surface area (TPSA) is 0 Å². The van der Waals surface area contributed by atoms with Crippen LogP contribution in [0.15, 0.2) is 0 Å². The molecule has 0 heterocycles. The van der Waals surface area contributed by atoms with Crippen molar-refractivity contribution in [2.24, 2.45) is 56.2 Å². The van der Waals surface area contributed by atoms with Gasteiger partial charge < -0.3 is 0 Å². The van der Waals surface area contributed by atoms with Crippen molar-refractivity contribution >= 4 is 0 Å². The number of hydrogen-bond acceptors (Lipinski definition) is 0. The third-order valence-corrected chi connectivity index (χ3v) is 11.6. The van der Waals surface area contributed by atoms with E-state index in [1.807, 2.05) is 0 Å². The van der Waals surface area contributed by atoms with Gasteiger partial charge in [0.25, 0.3) is 0 Å². The van der Waals surface area contributed by atoms with Crippen LogP contribution < -0.4 is 0 Å². The Labute approximate surface area is 153 Å². The summed E-state index contributed by atoms with van der Waals surface area (Å²) in [4.78, 5) is 0. The van der Waals surface area contributed by atoms with Crippen molar-refractivity contribution in [3.8, 4) is 0 Å². The van der Waals surface area contributed by atoms with Gasteiger partial charge in [0, 0.05) is 0 Å². The Morgan fingerprint density at radius 3 is 1.42 bits per heavy atom. The maximum atomic E-state index is 2.65. The van der Waals surface area contributed by atoms with Gasteiger partial charge in [-0.1, -0.05) is 96.9 Å². The predicted octanol–water partition coefficient (Wildman–Crippen LogP) is 7.68. The first-order valence-electron chi connectivity index (χ1n) is 10.4. The lowest BCUT2D eigenvalue weighted by Gasteiger charge is -2.90. The molecule has 0 aliphatic heterocycles. The molecule has 2 aliphatic carbocycles. The minimum atomic E-state index is 0.297. The summed E-state index contributed by atoms with van der Waals surface area (Å²) in [5, 5.41) is 0. The highest BCUT2D eigenvalue weighted by atomic mass is 14.9. The van der Waals surface area contributed by atoms with E-state index in [0.29, 0.717) is 38.4 Å². The molecule has 0 spiro atoms. The lowest BCUT2D eigenvalue weighted by molar-refractivity contribution is -0.429. The van der Waals surface area contributed by atoms with E-state index in [2.05, 4.69) is 96.9 Å². The normalized spacial score (nSPS) is 46.4. The average Bonchev–Trinajstić information content (AvgIpc) is 2.42. The molecule has 0 aromatic heterocycles. The van der Waals surface area contributed by atoms with Gasteiger partial charge in [0.05, 0.1) is 0 Å². The maximum Gasteiger partial charge on any atom is -0.0169 e. The molecule has 6 unspecified atom stereocenters. The van der Waals surface area contributed by atoms with Gasteiger partial charge in [-0.15, -0.1) is 0 Å². The maximum absolute atomic E-state index is 2.65. The van der Waals surface area contributed by atoms with Crippen LogP contribution in [-0.2, 0) is 0 Å². The van der Waals surface area contributed by atoms with Crippen molar-refractivity contribution in [1.82, 2.24) is 0 Å². The molecule has 0 N–H and O–H groups in total. The van der Waals surface area contributed by atoms with Crippen LogP contribution in [0.4, 0.5) is 0 Å². The monoisotopic (exact) mass is 334 g/mol. The molecule has 0 aromatic carbocycles. The van der Waals surface area contributed by atoms with Gasteiger partial charge in [-0.2, -0.15) is 0 Å². The van der Waals surface area contributed by atoms with Crippen molar-refractivity contribution in [2.75, 3.05) is 0 Å². The molecule has 0 heteroatoms. The lowest BCUT2D eigenvalue weighted by atomic mass is 9.14. The Kier molecular flexibility index (Phi) is 4.09. The Morgan fingerprint density at radius 1 is 0.708 bits per heavy atom. The van der Waals surface area contributed by atoms with Crippen LogP contribution in [0.2, 0.25) is 0 Å². The van der Waals surface area contributed by atoms with E-state index in [1.54, 1.807) is 0 Å². The largest absolute Gasteiger partial charge is 0.0622 e. The lowest BCUT2D eigenvalue weighted by Crippen LogP contribution is -2.85. The first-order chi connectivity index (χ1) is 10.4. The molecule has 2 saturated carbocycles. The molecule has 0 nitrogen and oxygen atoms in total. The van der Waals surface area contributed by atoms with Crippen LogP contribution in [0.3, 0.4) is 0 Å². The van der Waals surface area contributed by atoms with E-state index in [9.17, 15) is 0 Å². The molecular formula is C24H46. The summed E-state index contributed by atoms with van der Waals surface area (Å²) in [6.45, 7) is 35.5. The van der Waals surface area contributed by atoms with Crippen molar-refractivity contribution in [1.29, 1.82) is 0 Å². The van der Waals surface area contributed by atoms with Gasteiger partial charge in [0.1, 0.15) is 0 Å². The summed E-state index contributed by atoms with van der Waals surface area (Å²) in [6, 6.07) is 0. The molecule has 0 saturated heterocycles. The fraction of sp³-hybridized carbons (Fsp3) is 1.00. The number of rotatable bonds is 3. The molecule has 0 radical (unpaired) electrons. The third-order valence-electron chi connectivity index (χ3n) is 11.6. The Morgan fingerprint density at radius 2 is 1.08 bits per heavy atom. The van der Waals surface area contributed by atoms with Gasteiger partial charge >= 0.3 is 0 Å². The molecule has 0 aromatic rings. The van der Waals surface area contributed by atoms with Crippen LogP contribution in [0.1, 0.15) is 96.9 Å². The van der Waals surface area contributed by atoms with E-state index >= 15 is 0 Å². The van der Waals surface area contributed by atoms with E-state index < -0.39 is 0 Å². The van der Waals surface area contributed by atoms with E-state index in [4.69, 9.17) is 0 Å². The van der Waals surface area contributed by atoms with Gasteiger partial charge in [0.15, 0.2) is 0 Å². The van der Waals surface area contributed by atoms with Crippen LogP contribution in [0.25, 0.3) is 0 Å². The average molecular weight is 335 g/mol. The SMILES string of the molecule is CC(C)C(C)(C)C(C)(C)C1(C)C(C)C2C(C)C(C)(C(C)(C)C)C21C. The minimum Gasteiger partial charge on any atom is -0.0622 e. The standard InChI is InChI=1S/C24H46/c1-15(2)20(8,9)21(10,11)23(13)17(4)18-16(3)22(12,19(5,6)7)24(18,23)14/h15-18H,1-14H3. The quantitative estimate of drug-likeness (QED) is 0.496. The minimum absolute atomic E-state index is 0.297. The van der Waals surface area contributed by atoms with E-state index in [-0.39, 0.29) is 0 Å². The second-order valence-electron chi connectivity index (χ2n) is 12.5. The third kappa shape index (κ3) is 1.64. The van der Waals surface area contributed by atoms with Gasteiger partial charge in [0.2, 0.25) is 0 Å². The molecule has 24 heavy (non-hydrogen) atoms. The molecule has 142 valence electrons. The van der Waals surface area contributed by atoms with Gasteiger partial charge in [-0.3, -0.25) is 0 Å². The highest BCUT2D eigenvalue weighted by molar-refractivity contribution is 5.32. The molecule has 2 rings (SSSR count). The molecule has 0 amide bonds.